The number of rotatable bonds is 6. The van der Waals surface area contributed by atoms with Crippen molar-refractivity contribution in [3.05, 3.63) is 59.4 Å². The molecule has 6 nitrogen and oxygen atoms in total. The van der Waals surface area contributed by atoms with Gasteiger partial charge in [0.15, 0.2) is 5.65 Å². The number of carbonyl (C=O) groups is 1. The molecule has 0 saturated heterocycles. The summed E-state index contributed by atoms with van der Waals surface area (Å²) in [6.07, 6.45) is 3.44. The van der Waals surface area contributed by atoms with Crippen LogP contribution in [-0.2, 0) is 0 Å². The number of anilines is 1. The van der Waals surface area contributed by atoms with Gasteiger partial charge in [0.1, 0.15) is 23.0 Å². The molecule has 2 heterocycles. The first kappa shape index (κ1) is 22.0. The zero-order valence-electron chi connectivity index (χ0n) is 17.4. The average Bonchev–Trinajstić information content (AvgIpc) is 3.16. The SMILES string of the molecule is CC[C@@H](Nc1ccn2ncc(C(=O)NC3CCC(F)(F)CC3)c2n1)c1cc(F)cc(F)c1. The van der Waals surface area contributed by atoms with Gasteiger partial charge in [0, 0.05) is 31.1 Å². The summed E-state index contributed by atoms with van der Waals surface area (Å²) in [4.78, 5) is 17.2. The van der Waals surface area contributed by atoms with Crippen molar-refractivity contribution < 1.29 is 22.4 Å². The lowest BCUT2D eigenvalue weighted by atomic mass is 9.92. The Hall–Kier alpha value is -3.17. The van der Waals surface area contributed by atoms with Gasteiger partial charge in [0.25, 0.3) is 5.91 Å². The number of hydrogen-bond acceptors (Lipinski definition) is 4. The highest BCUT2D eigenvalue weighted by molar-refractivity contribution is 5.99. The summed E-state index contributed by atoms with van der Waals surface area (Å²) in [5.74, 6) is -4.04. The number of nitrogens with one attached hydrogen (secondary N) is 2. The Morgan fingerprint density at radius 1 is 1.22 bits per heavy atom. The van der Waals surface area contributed by atoms with Crippen molar-refractivity contribution in [3.8, 4) is 0 Å². The quantitative estimate of drug-likeness (QED) is 0.527. The minimum Gasteiger partial charge on any atom is -0.363 e. The van der Waals surface area contributed by atoms with Gasteiger partial charge in [-0.1, -0.05) is 6.92 Å². The lowest BCUT2D eigenvalue weighted by molar-refractivity contribution is -0.0399. The summed E-state index contributed by atoms with van der Waals surface area (Å²) < 4.78 is 55.4. The largest absolute Gasteiger partial charge is 0.363 e. The van der Waals surface area contributed by atoms with Crippen molar-refractivity contribution >= 4 is 17.4 Å². The van der Waals surface area contributed by atoms with E-state index in [9.17, 15) is 22.4 Å². The molecule has 1 aliphatic carbocycles. The maximum absolute atomic E-state index is 13.6. The van der Waals surface area contributed by atoms with Crippen molar-refractivity contribution in [2.24, 2.45) is 0 Å². The first-order valence-electron chi connectivity index (χ1n) is 10.5. The number of carbonyl (C=O) groups excluding carboxylic acids is 1. The highest BCUT2D eigenvalue weighted by atomic mass is 19.3. The number of hydrogen-bond donors (Lipinski definition) is 2. The van der Waals surface area contributed by atoms with Gasteiger partial charge in [-0.05, 0) is 43.0 Å². The van der Waals surface area contributed by atoms with E-state index in [1.165, 1.54) is 22.8 Å². The Bertz CT molecular complexity index is 1100. The Morgan fingerprint density at radius 3 is 2.56 bits per heavy atom. The topological polar surface area (TPSA) is 71.3 Å². The van der Waals surface area contributed by atoms with Crippen LogP contribution >= 0.6 is 0 Å². The van der Waals surface area contributed by atoms with E-state index >= 15 is 0 Å². The fraction of sp³-hybridized carbons (Fsp3) is 0.409. The predicted octanol–water partition coefficient (Wildman–Crippen LogP) is 4.88. The van der Waals surface area contributed by atoms with Crippen molar-refractivity contribution in [1.29, 1.82) is 0 Å². The molecule has 1 atom stereocenters. The predicted molar refractivity (Wildman–Crippen MR) is 111 cm³/mol. The molecule has 0 radical (unpaired) electrons. The van der Waals surface area contributed by atoms with Gasteiger partial charge < -0.3 is 10.6 Å². The molecule has 1 aromatic carbocycles. The lowest BCUT2D eigenvalue weighted by Gasteiger charge is -2.28. The van der Waals surface area contributed by atoms with Crippen LogP contribution in [0.15, 0.2) is 36.7 Å². The van der Waals surface area contributed by atoms with E-state index in [2.05, 4.69) is 20.7 Å². The molecule has 1 fully saturated rings. The highest BCUT2D eigenvalue weighted by Crippen LogP contribution is 2.33. The van der Waals surface area contributed by atoms with E-state index in [0.29, 0.717) is 17.8 Å². The van der Waals surface area contributed by atoms with Crippen molar-refractivity contribution in [2.45, 2.75) is 57.0 Å². The zero-order chi connectivity index (χ0) is 22.9. The van der Waals surface area contributed by atoms with Gasteiger partial charge in [0.05, 0.1) is 12.2 Å². The molecule has 0 unspecified atom stereocenters. The summed E-state index contributed by atoms with van der Waals surface area (Å²) in [5.41, 5.74) is 0.942. The monoisotopic (exact) mass is 449 g/mol. The Morgan fingerprint density at radius 2 is 1.91 bits per heavy atom. The molecule has 0 aliphatic heterocycles. The van der Waals surface area contributed by atoms with Gasteiger partial charge in [-0.2, -0.15) is 5.10 Å². The first-order chi connectivity index (χ1) is 15.2. The third-order valence-electron chi connectivity index (χ3n) is 5.68. The third-order valence-corrected chi connectivity index (χ3v) is 5.68. The fourth-order valence-electron chi connectivity index (χ4n) is 3.93. The van der Waals surface area contributed by atoms with E-state index in [-0.39, 0.29) is 42.9 Å². The summed E-state index contributed by atoms with van der Waals surface area (Å²) >= 11 is 0. The van der Waals surface area contributed by atoms with Crippen LogP contribution in [-0.4, -0.2) is 32.5 Å². The van der Waals surface area contributed by atoms with Crippen LogP contribution in [0.3, 0.4) is 0 Å². The molecule has 0 spiro atoms. The Balaban J connectivity index is 1.52. The summed E-state index contributed by atoms with van der Waals surface area (Å²) in [6.45, 7) is 1.87. The molecule has 1 amide bonds. The molecule has 0 bridgehead atoms. The van der Waals surface area contributed by atoms with E-state index in [4.69, 9.17) is 0 Å². The second-order valence-electron chi connectivity index (χ2n) is 8.05. The van der Waals surface area contributed by atoms with Gasteiger partial charge in [0.2, 0.25) is 5.92 Å². The fourth-order valence-corrected chi connectivity index (χ4v) is 3.93. The van der Waals surface area contributed by atoms with Crippen LogP contribution in [0.5, 0.6) is 0 Å². The summed E-state index contributed by atoms with van der Waals surface area (Å²) in [6, 6.07) is 4.24. The van der Waals surface area contributed by atoms with Gasteiger partial charge in [-0.25, -0.2) is 27.1 Å². The van der Waals surface area contributed by atoms with Crippen LogP contribution in [0.4, 0.5) is 23.4 Å². The van der Waals surface area contributed by atoms with Gasteiger partial charge >= 0.3 is 0 Å². The minimum atomic E-state index is -2.67. The Labute approximate surface area is 182 Å². The Kier molecular flexibility index (Phi) is 6.03. The van der Waals surface area contributed by atoms with Crippen LogP contribution in [0.25, 0.3) is 5.65 Å². The number of amides is 1. The second-order valence-corrected chi connectivity index (χ2v) is 8.05. The molecule has 1 aliphatic rings. The molecule has 3 aromatic rings. The van der Waals surface area contributed by atoms with Crippen LogP contribution in [0.2, 0.25) is 0 Å². The molecule has 2 aromatic heterocycles. The summed E-state index contributed by atoms with van der Waals surface area (Å²) in [7, 11) is 0. The number of halogens is 4. The molecule has 10 heteroatoms. The number of alkyl halides is 2. The van der Waals surface area contributed by atoms with Crippen molar-refractivity contribution in [3.63, 3.8) is 0 Å². The standard InChI is InChI=1S/C22H23F4N5O/c1-2-18(13-9-14(23)11-15(24)10-13)29-19-5-8-31-20(30-19)17(12-27-31)21(32)28-16-3-6-22(25,26)7-4-16/h5,8-12,16,18H,2-4,6-7H2,1H3,(H,28,32)(H,29,30)/t18-/m1/s1. The minimum absolute atomic E-state index is 0.209. The van der Waals surface area contributed by atoms with Gasteiger partial charge in [-0.15, -0.1) is 0 Å². The molecule has 4 rings (SSSR count). The van der Waals surface area contributed by atoms with Crippen LogP contribution < -0.4 is 10.6 Å². The van der Waals surface area contributed by atoms with Crippen LogP contribution in [0.1, 0.15) is 61.0 Å². The highest BCUT2D eigenvalue weighted by Gasteiger charge is 2.35. The summed E-state index contributed by atoms with van der Waals surface area (Å²) in [5, 5.41) is 10.1. The number of nitrogens with zero attached hydrogens (tertiary/aromatic N) is 3. The van der Waals surface area contributed by atoms with E-state index in [1.54, 1.807) is 12.3 Å². The second kappa shape index (κ2) is 8.76. The smallest absolute Gasteiger partial charge is 0.256 e. The molecule has 2 N–H and O–H groups in total. The third kappa shape index (κ3) is 4.84. The molecular weight excluding hydrogens is 426 g/mol. The zero-order valence-corrected chi connectivity index (χ0v) is 17.4. The van der Waals surface area contributed by atoms with E-state index < -0.39 is 29.5 Å². The molecule has 32 heavy (non-hydrogen) atoms. The van der Waals surface area contributed by atoms with Crippen molar-refractivity contribution in [1.82, 2.24) is 19.9 Å². The molecule has 1 saturated carbocycles. The molecular formula is C22H23F4N5O. The maximum atomic E-state index is 13.6. The first-order valence-corrected chi connectivity index (χ1v) is 10.5. The maximum Gasteiger partial charge on any atom is 0.256 e. The number of fused-ring (bicyclic) bond motifs is 1. The van der Waals surface area contributed by atoms with Crippen molar-refractivity contribution in [2.75, 3.05) is 5.32 Å². The average molecular weight is 449 g/mol. The number of benzene rings is 1. The van der Waals surface area contributed by atoms with E-state index in [0.717, 1.165) is 6.07 Å². The van der Waals surface area contributed by atoms with E-state index in [1.807, 2.05) is 6.92 Å². The normalized spacial score (nSPS) is 17.3. The van der Waals surface area contributed by atoms with Crippen LogP contribution in [0, 0.1) is 11.6 Å². The number of aromatic nitrogens is 3. The lowest BCUT2D eigenvalue weighted by Crippen LogP contribution is -2.40. The molecule has 170 valence electrons. The van der Waals surface area contributed by atoms with Gasteiger partial charge in [-0.3, -0.25) is 4.79 Å².